The van der Waals surface area contributed by atoms with Gasteiger partial charge in [-0.05, 0) is 36.8 Å². The average molecular weight is 241 g/mol. The highest BCUT2D eigenvalue weighted by Crippen LogP contribution is 2.38. The van der Waals surface area contributed by atoms with Crippen LogP contribution in [-0.2, 0) is 0 Å². The van der Waals surface area contributed by atoms with Crippen LogP contribution in [-0.4, -0.2) is 16.0 Å². The predicted molar refractivity (Wildman–Crippen MR) is 74.6 cm³/mol. The summed E-state index contributed by atoms with van der Waals surface area (Å²) in [4.78, 5) is 9.05. The zero-order chi connectivity index (χ0) is 12.6. The van der Waals surface area contributed by atoms with E-state index in [1.54, 1.807) is 0 Å². The van der Waals surface area contributed by atoms with Gasteiger partial charge in [-0.15, -0.1) is 0 Å². The fourth-order valence-corrected chi connectivity index (χ4v) is 2.80. The average Bonchev–Trinajstić information content (AvgIpc) is 2.68. The number of nitrogens with one attached hydrogen (secondary N) is 1. The summed E-state index contributed by atoms with van der Waals surface area (Å²) in [5.74, 6) is 0.899. The molecule has 1 heterocycles. The van der Waals surface area contributed by atoms with Crippen LogP contribution in [0.1, 0.15) is 33.1 Å². The van der Waals surface area contributed by atoms with Gasteiger partial charge in [-0.2, -0.15) is 0 Å². The Morgan fingerprint density at radius 2 is 2.00 bits per heavy atom. The second kappa shape index (κ2) is 4.23. The van der Waals surface area contributed by atoms with Crippen LogP contribution in [0.5, 0.6) is 0 Å². The predicted octanol–water partition coefficient (Wildman–Crippen LogP) is 3.62. The molecule has 1 N–H and O–H groups in total. The lowest BCUT2D eigenvalue weighted by Gasteiger charge is -2.18. The number of nitrogens with zero attached hydrogens (tertiary/aromatic N) is 2. The van der Waals surface area contributed by atoms with Crippen LogP contribution in [0.2, 0.25) is 0 Å². The summed E-state index contributed by atoms with van der Waals surface area (Å²) in [5.41, 5.74) is 2.37. The van der Waals surface area contributed by atoms with Crippen LogP contribution >= 0.6 is 0 Å². The maximum Gasteiger partial charge on any atom is 0.145 e. The van der Waals surface area contributed by atoms with E-state index in [1.807, 2.05) is 30.5 Å². The van der Waals surface area contributed by atoms with Gasteiger partial charge >= 0.3 is 0 Å². The van der Waals surface area contributed by atoms with Gasteiger partial charge in [0.05, 0.1) is 17.2 Å². The number of rotatable bonds is 2. The van der Waals surface area contributed by atoms with Crippen LogP contribution in [0.15, 0.2) is 30.5 Å². The molecule has 3 rings (SSSR count). The van der Waals surface area contributed by atoms with Crippen molar-refractivity contribution in [1.29, 1.82) is 0 Å². The molecule has 0 saturated heterocycles. The molecule has 0 amide bonds. The Morgan fingerprint density at radius 1 is 1.22 bits per heavy atom. The summed E-state index contributed by atoms with van der Waals surface area (Å²) in [5, 5.41) is 3.51. The third-order valence-electron chi connectivity index (χ3n) is 3.77. The molecule has 1 aliphatic rings. The summed E-state index contributed by atoms with van der Waals surface area (Å²) < 4.78 is 0. The second-order valence-corrected chi connectivity index (χ2v) is 5.99. The molecule has 3 heteroatoms. The minimum Gasteiger partial charge on any atom is -0.366 e. The van der Waals surface area contributed by atoms with E-state index in [9.17, 15) is 0 Å². The Balaban J connectivity index is 1.79. The molecule has 1 atom stereocenters. The topological polar surface area (TPSA) is 37.8 Å². The number of benzene rings is 1. The van der Waals surface area contributed by atoms with Crippen molar-refractivity contribution in [2.45, 2.75) is 39.2 Å². The first kappa shape index (κ1) is 11.5. The van der Waals surface area contributed by atoms with E-state index < -0.39 is 0 Å². The first-order valence-electron chi connectivity index (χ1n) is 6.61. The van der Waals surface area contributed by atoms with Crippen molar-refractivity contribution in [3.63, 3.8) is 0 Å². The van der Waals surface area contributed by atoms with Crippen molar-refractivity contribution in [3.8, 4) is 0 Å². The molecular weight excluding hydrogens is 222 g/mol. The fraction of sp³-hybridized carbons (Fsp3) is 0.467. The van der Waals surface area contributed by atoms with Crippen molar-refractivity contribution >= 4 is 16.9 Å². The van der Waals surface area contributed by atoms with E-state index in [0.717, 1.165) is 16.9 Å². The van der Waals surface area contributed by atoms with Gasteiger partial charge in [0.2, 0.25) is 0 Å². The van der Waals surface area contributed by atoms with Gasteiger partial charge in [-0.25, -0.2) is 4.98 Å². The van der Waals surface area contributed by atoms with E-state index in [0.29, 0.717) is 11.5 Å². The molecule has 1 aromatic carbocycles. The molecule has 1 saturated carbocycles. The molecule has 1 aliphatic carbocycles. The highest BCUT2D eigenvalue weighted by atomic mass is 15.0. The Hall–Kier alpha value is -1.64. The lowest BCUT2D eigenvalue weighted by Crippen LogP contribution is -2.18. The Morgan fingerprint density at radius 3 is 2.72 bits per heavy atom. The lowest BCUT2D eigenvalue weighted by atomic mass is 9.92. The smallest absolute Gasteiger partial charge is 0.145 e. The molecule has 2 aromatic rings. The standard InChI is InChI=1S/C15H19N3/c1-15(2)8-7-11(9-15)17-14-10-16-12-5-3-4-6-13(12)18-14/h3-6,10-11H,7-9H2,1-2H3,(H,17,18). The molecule has 0 aliphatic heterocycles. The van der Waals surface area contributed by atoms with Gasteiger partial charge in [0.15, 0.2) is 0 Å². The summed E-state index contributed by atoms with van der Waals surface area (Å²) in [6.07, 6.45) is 5.56. The lowest BCUT2D eigenvalue weighted by molar-refractivity contribution is 0.378. The molecule has 1 unspecified atom stereocenters. The fourth-order valence-electron chi connectivity index (χ4n) is 2.80. The highest BCUT2D eigenvalue weighted by molar-refractivity contribution is 5.75. The van der Waals surface area contributed by atoms with Crippen LogP contribution in [0.3, 0.4) is 0 Å². The van der Waals surface area contributed by atoms with Crippen molar-refractivity contribution in [2.24, 2.45) is 5.41 Å². The summed E-state index contributed by atoms with van der Waals surface area (Å²) in [6.45, 7) is 4.67. The van der Waals surface area contributed by atoms with Gasteiger partial charge in [-0.1, -0.05) is 26.0 Å². The van der Waals surface area contributed by atoms with Crippen molar-refractivity contribution in [2.75, 3.05) is 5.32 Å². The third-order valence-corrected chi connectivity index (χ3v) is 3.77. The maximum absolute atomic E-state index is 4.61. The number of aromatic nitrogens is 2. The molecule has 18 heavy (non-hydrogen) atoms. The second-order valence-electron chi connectivity index (χ2n) is 5.99. The molecule has 0 bridgehead atoms. The quantitative estimate of drug-likeness (QED) is 0.872. The molecule has 3 nitrogen and oxygen atoms in total. The van der Waals surface area contributed by atoms with Gasteiger partial charge in [0.1, 0.15) is 5.82 Å². The zero-order valence-electron chi connectivity index (χ0n) is 11.0. The maximum atomic E-state index is 4.61. The first-order chi connectivity index (χ1) is 8.62. The molecule has 94 valence electrons. The molecular formula is C15H19N3. The Kier molecular flexibility index (Phi) is 2.69. The number of hydrogen-bond acceptors (Lipinski definition) is 3. The Labute approximate surface area is 108 Å². The first-order valence-corrected chi connectivity index (χ1v) is 6.61. The van der Waals surface area contributed by atoms with Gasteiger partial charge in [0, 0.05) is 6.04 Å². The minimum atomic E-state index is 0.460. The largest absolute Gasteiger partial charge is 0.366 e. The summed E-state index contributed by atoms with van der Waals surface area (Å²) in [6, 6.07) is 8.52. The number of fused-ring (bicyclic) bond motifs is 1. The van der Waals surface area contributed by atoms with Crippen LogP contribution in [0.25, 0.3) is 11.0 Å². The van der Waals surface area contributed by atoms with Crippen LogP contribution in [0.4, 0.5) is 5.82 Å². The molecule has 1 fully saturated rings. The third kappa shape index (κ3) is 2.30. The number of anilines is 1. The normalized spacial score (nSPS) is 22.2. The van der Waals surface area contributed by atoms with Crippen LogP contribution < -0.4 is 5.32 Å². The van der Waals surface area contributed by atoms with E-state index in [-0.39, 0.29) is 0 Å². The van der Waals surface area contributed by atoms with E-state index in [1.165, 1.54) is 19.3 Å². The minimum absolute atomic E-state index is 0.460. The van der Waals surface area contributed by atoms with Gasteiger partial charge < -0.3 is 5.32 Å². The van der Waals surface area contributed by atoms with Gasteiger partial charge in [-0.3, -0.25) is 4.98 Å². The van der Waals surface area contributed by atoms with Crippen molar-refractivity contribution in [1.82, 2.24) is 9.97 Å². The van der Waals surface area contributed by atoms with E-state index >= 15 is 0 Å². The highest BCUT2D eigenvalue weighted by Gasteiger charge is 2.30. The summed E-state index contributed by atoms with van der Waals surface area (Å²) in [7, 11) is 0. The number of hydrogen-bond donors (Lipinski definition) is 1. The van der Waals surface area contributed by atoms with Crippen molar-refractivity contribution < 1.29 is 0 Å². The van der Waals surface area contributed by atoms with E-state index in [4.69, 9.17) is 0 Å². The molecule has 1 aromatic heterocycles. The monoisotopic (exact) mass is 241 g/mol. The summed E-state index contributed by atoms with van der Waals surface area (Å²) >= 11 is 0. The SMILES string of the molecule is CC1(C)CCC(Nc2cnc3ccccc3n2)C1. The van der Waals surface area contributed by atoms with Gasteiger partial charge in [0.25, 0.3) is 0 Å². The molecule has 0 radical (unpaired) electrons. The van der Waals surface area contributed by atoms with E-state index in [2.05, 4.69) is 29.1 Å². The zero-order valence-corrected chi connectivity index (χ0v) is 11.0. The molecule has 0 spiro atoms. The van der Waals surface area contributed by atoms with Crippen molar-refractivity contribution in [3.05, 3.63) is 30.5 Å². The Bertz CT molecular complexity index is 562. The van der Waals surface area contributed by atoms with Crippen LogP contribution in [0, 0.1) is 5.41 Å². The number of para-hydroxylation sites is 2.